The van der Waals surface area contributed by atoms with E-state index in [1.165, 1.54) is 11.1 Å². The third kappa shape index (κ3) is 8.58. The number of hydrogen-bond donors (Lipinski definition) is 2. The number of aromatic nitrogens is 2. The Hall–Kier alpha value is -1.28. The summed E-state index contributed by atoms with van der Waals surface area (Å²) in [7, 11) is 1.94. The van der Waals surface area contributed by atoms with Gasteiger partial charge >= 0.3 is 0 Å². The van der Waals surface area contributed by atoms with Gasteiger partial charge in [0.05, 0.1) is 6.20 Å². The summed E-state index contributed by atoms with van der Waals surface area (Å²) in [5.41, 5.74) is 2.48. The van der Waals surface area contributed by atoms with Crippen molar-refractivity contribution in [3.63, 3.8) is 0 Å². The monoisotopic (exact) mass is 475 g/mol. The predicted molar refractivity (Wildman–Crippen MR) is 116 cm³/mol. The minimum absolute atomic E-state index is 0. The Labute approximate surface area is 172 Å². The molecule has 2 N–H and O–H groups in total. The van der Waals surface area contributed by atoms with Crippen LogP contribution in [-0.4, -0.2) is 35.4 Å². The Kier molecular flexibility index (Phi) is 10.6. The fourth-order valence-electron chi connectivity index (χ4n) is 2.43. The zero-order valence-corrected chi connectivity index (χ0v) is 17.9. The molecule has 1 aromatic heterocycles. The molecule has 0 radical (unpaired) electrons. The van der Waals surface area contributed by atoms with Crippen LogP contribution in [0.5, 0.6) is 0 Å². The molecule has 0 bridgehead atoms. The normalized spacial score (nSPS) is 11.1. The van der Waals surface area contributed by atoms with E-state index in [9.17, 15) is 0 Å². The molecule has 0 atom stereocenters. The number of benzene rings is 1. The van der Waals surface area contributed by atoms with Crippen molar-refractivity contribution in [2.45, 2.75) is 26.2 Å². The van der Waals surface area contributed by atoms with Crippen molar-refractivity contribution < 1.29 is 0 Å². The molecular formula is C18H27ClIN5. The molecule has 138 valence electrons. The zero-order valence-electron chi connectivity index (χ0n) is 14.8. The van der Waals surface area contributed by atoms with Crippen molar-refractivity contribution >= 4 is 41.5 Å². The fraction of sp³-hybridized carbons (Fsp3) is 0.444. The third-order valence-corrected chi connectivity index (χ3v) is 3.83. The molecule has 7 heteroatoms. The first-order chi connectivity index (χ1) is 11.7. The quantitative estimate of drug-likeness (QED) is 0.266. The maximum Gasteiger partial charge on any atom is 0.191 e. The summed E-state index contributed by atoms with van der Waals surface area (Å²) in [5.74, 6) is 0.866. The number of nitrogens with zero attached hydrogens (tertiary/aromatic N) is 3. The Morgan fingerprint density at radius 3 is 2.76 bits per heavy atom. The van der Waals surface area contributed by atoms with Gasteiger partial charge in [-0.15, -0.1) is 24.0 Å². The first-order valence-corrected chi connectivity index (χ1v) is 8.79. The highest BCUT2D eigenvalue weighted by atomic mass is 127. The molecule has 25 heavy (non-hydrogen) atoms. The number of guanidine groups is 1. The average Bonchev–Trinajstić information content (AvgIpc) is 2.97. The molecule has 0 saturated carbocycles. The minimum Gasteiger partial charge on any atom is -0.357 e. The zero-order chi connectivity index (χ0) is 17.2. The summed E-state index contributed by atoms with van der Waals surface area (Å²) >= 11 is 6.01. The standard InChI is InChI=1S/C18H26ClN5.HI/c1-3-20-18(21-10-5-7-16-13-23-24(2)14-16)22-11-9-15-6-4-8-17(19)12-15;/h4,6,8,12-14H,3,5,7,9-11H2,1-2H3,(H2,20,21,22);1H. The highest BCUT2D eigenvalue weighted by Crippen LogP contribution is 2.10. The van der Waals surface area contributed by atoms with Crippen LogP contribution in [-0.2, 0) is 19.9 Å². The van der Waals surface area contributed by atoms with Crippen LogP contribution in [0.25, 0.3) is 0 Å². The molecule has 0 unspecified atom stereocenters. The van der Waals surface area contributed by atoms with Gasteiger partial charge in [-0.3, -0.25) is 9.67 Å². The second-order valence-electron chi connectivity index (χ2n) is 5.69. The van der Waals surface area contributed by atoms with Gasteiger partial charge in [0.2, 0.25) is 0 Å². The van der Waals surface area contributed by atoms with Crippen LogP contribution in [0.4, 0.5) is 0 Å². The maximum atomic E-state index is 6.01. The van der Waals surface area contributed by atoms with Gasteiger partial charge in [0.15, 0.2) is 5.96 Å². The van der Waals surface area contributed by atoms with Gasteiger partial charge in [-0.1, -0.05) is 23.7 Å². The Morgan fingerprint density at radius 2 is 2.08 bits per heavy atom. The van der Waals surface area contributed by atoms with Gasteiger partial charge < -0.3 is 10.6 Å². The molecule has 2 aromatic rings. The van der Waals surface area contributed by atoms with E-state index in [-0.39, 0.29) is 24.0 Å². The minimum atomic E-state index is 0. The van der Waals surface area contributed by atoms with Crippen LogP contribution in [0.2, 0.25) is 5.02 Å². The van der Waals surface area contributed by atoms with Crippen LogP contribution >= 0.6 is 35.6 Å². The van der Waals surface area contributed by atoms with Gasteiger partial charge in [0, 0.05) is 37.9 Å². The predicted octanol–water partition coefficient (Wildman–Crippen LogP) is 3.42. The third-order valence-electron chi connectivity index (χ3n) is 3.59. The van der Waals surface area contributed by atoms with Crippen LogP contribution in [0.3, 0.4) is 0 Å². The van der Waals surface area contributed by atoms with E-state index >= 15 is 0 Å². The number of rotatable bonds is 8. The highest BCUT2D eigenvalue weighted by molar-refractivity contribution is 14.0. The van der Waals surface area contributed by atoms with Crippen LogP contribution in [0.1, 0.15) is 24.5 Å². The van der Waals surface area contributed by atoms with E-state index in [4.69, 9.17) is 11.6 Å². The van der Waals surface area contributed by atoms with E-state index in [0.717, 1.165) is 49.9 Å². The summed E-state index contributed by atoms with van der Waals surface area (Å²) in [6.07, 6.45) is 6.90. The van der Waals surface area contributed by atoms with Crippen LogP contribution in [0.15, 0.2) is 41.7 Å². The summed E-state index contributed by atoms with van der Waals surface area (Å²) in [5, 5.41) is 11.6. The fourth-order valence-corrected chi connectivity index (χ4v) is 2.65. The second-order valence-corrected chi connectivity index (χ2v) is 6.13. The molecule has 0 fully saturated rings. The number of aliphatic imine (C=N–C) groups is 1. The van der Waals surface area contributed by atoms with Gasteiger partial charge in [-0.25, -0.2) is 0 Å². The molecule has 2 rings (SSSR count). The van der Waals surface area contributed by atoms with Gasteiger partial charge in [0.1, 0.15) is 0 Å². The largest absolute Gasteiger partial charge is 0.357 e. The summed E-state index contributed by atoms with van der Waals surface area (Å²) in [6, 6.07) is 7.97. The van der Waals surface area contributed by atoms with Gasteiger partial charge in [-0.2, -0.15) is 5.10 Å². The highest BCUT2D eigenvalue weighted by Gasteiger charge is 2.00. The van der Waals surface area contributed by atoms with Gasteiger partial charge in [0.25, 0.3) is 0 Å². The van der Waals surface area contributed by atoms with E-state index in [1.54, 1.807) is 0 Å². The van der Waals surface area contributed by atoms with E-state index in [0.29, 0.717) is 0 Å². The number of halogens is 2. The molecule has 0 aliphatic carbocycles. The Balaban J connectivity index is 0.00000312. The first-order valence-electron chi connectivity index (χ1n) is 8.41. The Morgan fingerprint density at radius 1 is 1.24 bits per heavy atom. The summed E-state index contributed by atoms with van der Waals surface area (Å²) in [4.78, 5) is 4.63. The van der Waals surface area contributed by atoms with Crippen LogP contribution < -0.4 is 10.6 Å². The van der Waals surface area contributed by atoms with E-state index < -0.39 is 0 Å². The number of aryl methyl sites for hydroxylation is 2. The molecule has 0 amide bonds. The lowest BCUT2D eigenvalue weighted by atomic mass is 10.1. The molecule has 1 aromatic carbocycles. The summed E-state index contributed by atoms with van der Waals surface area (Å²) in [6.45, 7) is 4.55. The molecular weight excluding hydrogens is 449 g/mol. The van der Waals surface area contributed by atoms with Crippen LogP contribution in [0, 0.1) is 0 Å². The SMILES string of the molecule is CCNC(=NCCCc1cnn(C)c1)NCCc1cccc(Cl)c1.I. The number of hydrogen-bond acceptors (Lipinski definition) is 2. The Bertz CT molecular complexity index is 656. The molecule has 0 spiro atoms. The average molecular weight is 476 g/mol. The van der Waals surface area contributed by atoms with Crippen molar-refractivity contribution in [2.75, 3.05) is 19.6 Å². The van der Waals surface area contributed by atoms with Gasteiger partial charge in [-0.05, 0) is 49.4 Å². The molecule has 0 aliphatic rings. The van der Waals surface area contributed by atoms with Crippen molar-refractivity contribution in [1.82, 2.24) is 20.4 Å². The lowest BCUT2D eigenvalue weighted by Gasteiger charge is -2.11. The van der Waals surface area contributed by atoms with Crippen molar-refractivity contribution in [1.29, 1.82) is 0 Å². The van der Waals surface area contributed by atoms with Crippen molar-refractivity contribution in [2.24, 2.45) is 12.0 Å². The lowest BCUT2D eigenvalue weighted by molar-refractivity contribution is 0.763. The first kappa shape index (κ1) is 21.8. The van der Waals surface area contributed by atoms with Crippen molar-refractivity contribution in [3.05, 3.63) is 52.8 Å². The van der Waals surface area contributed by atoms with E-state index in [2.05, 4.69) is 39.9 Å². The smallest absolute Gasteiger partial charge is 0.191 e. The molecule has 1 heterocycles. The molecule has 0 aliphatic heterocycles. The summed E-state index contributed by atoms with van der Waals surface area (Å²) < 4.78 is 1.83. The second kappa shape index (κ2) is 12.1. The lowest BCUT2D eigenvalue weighted by Crippen LogP contribution is -2.38. The topological polar surface area (TPSA) is 54.2 Å². The molecule has 5 nitrogen and oxygen atoms in total. The molecule has 0 saturated heterocycles. The maximum absolute atomic E-state index is 6.01. The number of nitrogens with one attached hydrogen (secondary N) is 2. The van der Waals surface area contributed by atoms with E-state index in [1.807, 2.05) is 36.1 Å². The van der Waals surface area contributed by atoms with Crippen molar-refractivity contribution in [3.8, 4) is 0 Å².